The number of methoxy groups -OCH3 is 1. The second kappa shape index (κ2) is 4.43. The van der Waals surface area contributed by atoms with Crippen LogP contribution in [0, 0.1) is 5.92 Å². The summed E-state index contributed by atoms with van der Waals surface area (Å²) >= 11 is 5.78. The summed E-state index contributed by atoms with van der Waals surface area (Å²) in [6, 6.07) is 0. The molecule has 2 atom stereocenters. The van der Waals surface area contributed by atoms with Gasteiger partial charge in [0, 0.05) is 5.38 Å². The molecule has 0 bridgehead atoms. The summed E-state index contributed by atoms with van der Waals surface area (Å²) in [7, 11) is 0.961. The van der Waals surface area contributed by atoms with Crippen LogP contribution in [0.3, 0.4) is 0 Å². The van der Waals surface area contributed by atoms with Crippen molar-refractivity contribution in [2.24, 2.45) is 5.92 Å². The van der Waals surface area contributed by atoms with Gasteiger partial charge in [-0.1, -0.05) is 12.8 Å². The van der Waals surface area contributed by atoms with Gasteiger partial charge >= 0.3 is 11.9 Å². The monoisotopic (exact) mass is 226 g/mol. The van der Waals surface area contributed by atoms with Crippen LogP contribution < -0.4 is 0 Å². The van der Waals surface area contributed by atoms with Crippen molar-refractivity contribution < 1.29 is 18.3 Å². The van der Waals surface area contributed by atoms with E-state index < -0.39 is 23.2 Å². The molecule has 14 heavy (non-hydrogen) atoms. The lowest BCUT2D eigenvalue weighted by Gasteiger charge is -2.31. The molecule has 2 unspecified atom stereocenters. The first-order chi connectivity index (χ1) is 6.50. The first-order valence-electron chi connectivity index (χ1n) is 4.60. The van der Waals surface area contributed by atoms with Gasteiger partial charge in [0.1, 0.15) is 0 Å². The number of rotatable bonds is 2. The smallest absolute Gasteiger partial charge is 0.377 e. The Bertz CT molecular complexity index is 221. The molecule has 1 rings (SSSR count). The van der Waals surface area contributed by atoms with Gasteiger partial charge in [0.2, 0.25) is 0 Å². The van der Waals surface area contributed by atoms with Crippen molar-refractivity contribution in [3.05, 3.63) is 0 Å². The maximum Gasteiger partial charge on any atom is 0.377 e. The lowest BCUT2D eigenvalue weighted by atomic mass is 9.84. The summed E-state index contributed by atoms with van der Waals surface area (Å²) in [4.78, 5) is 10.8. The number of hydrogen-bond acceptors (Lipinski definition) is 2. The van der Waals surface area contributed by atoms with Gasteiger partial charge in [0.05, 0.1) is 13.0 Å². The summed E-state index contributed by atoms with van der Waals surface area (Å²) in [5, 5.41) is -0.627. The number of ether oxygens (including phenoxy) is 1. The molecular weight excluding hydrogens is 214 g/mol. The Morgan fingerprint density at radius 2 is 2.00 bits per heavy atom. The van der Waals surface area contributed by atoms with E-state index in [1.165, 1.54) is 0 Å². The minimum Gasteiger partial charge on any atom is -0.465 e. The Morgan fingerprint density at radius 3 is 2.50 bits per heavy atom. The topological polar surface area (TPSA) is 26.3 Å². The molecule has 82 valence electrons. The predicted molar refractivity (Wildman–Crippen MR) is 48.6 cm³/mol. The zero-order valence-electron chi connectivity index (χ0n) is 7.93. The molecule has 0 heterocycles. The lowest BCUT2D eigenvalue weighted by molar-refractivity contribution is -0.178. The van der Waals surface area contributed by atoms with Crippen molar-refractivity contribution in [2.75, 3.05) is 7.11 Å². The Morgan fingerprint density at radius 1 is 1.43 bits per heavy atom. The van der Waals surface area contributed by atoms with Gasteiger partial charge in [0.25, 0.3) is 0 Å². The second-order valence-corrected chi connectivity index (χ2v) is 4.08. The third-order valence-corrected chi connectivity index (χ3v) is 3.13. The van der Waals surface area contributed by atoms with E-state index in [9.17, 15) is 13.6 Å². The largest absolute Gasteiger partial charge is 0.465 e. The molecule has 5 heteroatoms. The number of hydrogen-bond donors (Lipinski definition) is 0. The van der Waals surface area contributed by atoms with Gasteiger partial charge in [-0.05, 0) is 12.8 Å². The Kier molecular flexibility index (Phi) is 3.70. The third kappa shape index (κ3) is 2.16. The first kappa shape index (κ1) is 11.7. The van der Waals surface area contributed by atoms with Crippen LogP contribution in [0.4, 0.5) is 8.78 Å². The highest BCUT2D eigenvalue weighted by atomic mass is 35.5. The van der Waals surface area contributed by atoms with Gasteiger partial charge in [-0.15, -0.1) is 11.6 Å². The summed E-state index contributed by atoms with van der Waals surface area (Å²) in [6.45, 7) is 0. The highest BCUT2D eigenvalue weighted by Gasteiger charge is 2.51. The molecule has 0 aromatic heterocycles. The molecule has 0 aromatic rings. The van der Waals surface area contributed by atoms with Crippen LogP contribution in [0.5, 0.6) is 0 Å². The maximum absolute atomic E-state index is 13.4. The van der Waals surface area contributed by atoms with Gasteiger partial charge in [-0.25, -0.2) is 4.79 Å². The summed E-state index contributed by atoms with van der Waals surface area (Å²) in [5.41, 5.74) is 0. The third-order valence-electron chi connectivity index (χ3n) is 2.60. The van der Waals surface area contributed by atoms with Crippen LogP contribution in [-0.4, -0.2) is 24.4 Å². The van der Waals surface area contributed by atoms with E-state index in [0.29, 0.717) is 12.8 Å². The molecule has 1 fully saturated rings. The van der Waals surface area contributed by atoms with E-state index in [0.717, 1.165) is 13.5 Å². The molecule has 0 N–H and O–H groups in total. The molecule has 1 aliphatic rings. The molecular formula is C9H13ClF2O2. The zero-order chi connectivity index (χ0) is 10.8. The minimum absolute atomic E-state index is 0.288. The van der Waals surface area contributed by atoms with Crippen LogP contribution in [0.25, 0.3) is 0 Å². The molecule has 0 saturated heterocycles. The van der Waals surface area contributed by atoms with Crippen molar-refractivity contribution in [3.63, 3.8) is 0 Å². The molecule has 0 aliphatic heterocycles. The van der Waals surface area contributed by atoms with Crippen molar-refractivity contribution in [2.45, 2.75) is 37.0 Å². The summed E-state index contributed by atoms with van der Waals surface area (Å²) in [6.07, 6.45) is 2.37. The van der Waals surface area contributed by atoms with E-state index in [2.05, 4.69) is 4.74 Å². The Labute approximate surface area is 86.6 Å². The van der Waals surface area contributed by atoms with Crippen molar-refractivity contribution in [3.8, 4) is 0 Å². The second-order valence-electron chi connectivity index (χ2n) is 3.52. The summed E-state index contributed by atoms with van der Waals surface area (Å²) < 4.78 is 30.9. The average molecular weight is 227 g/mol. The quantitative estimate of drug-likeness (QED) is 0.534. The number of esters is 1. The Hall–Kier alpha value is -0.380. The zero-order valence-corrected chi connectivity index (χ0v) is 8.69. The highest BCUT2D eigenvalue weighted by molar-refractivity contribution is 6.21. The molecule has 0 aromatic carbocycles. The van der Waals surface area contributed by atoms with Gasteiger partial charge in [-0.2, -0.15) is 8.78 Å². The number of alkyl halides is 3. The average Bonchev–Trinajstić information content (AvgIpc) is 2.17. The first-order valence-corrected chi connectivity index (χ1v) is 5.04. The number of carbonyl (C=O) groups is 1. The van der Waals surface area contributed by atoms with E-state index in [4.69, 9.17) is 11.6 Å². The highest BCUT2D eigenvalue weighted by Crippen LogP contribution is 2.40. The van der Waals surface area contributed by atoms with E-state index in [1.807, 2.05) is 0 Å². The van der Waals surface area contributed by atoms with Crippen LogP contribution in [-0.2, 0) is 9.53 Å². The van der Waals surface area contributed by atoms with Crippen molar-refractivity contribution >= 4 is 17.6 Å². The molecule has 0 amide bonds. The molecule has 0 radical (unpaired) electrons. The Balaban J connectivity index is 2.73. The maximum atomic E-state index is 13.4. The van der Waals surface area contributed by atoms with Crippen molar-refractivity contribution in [1.82, 2.24) is 0 Å². The SMILES string of the molecule is COC(=O)C(F)(F)C1CCCCC1Cl. The fourth-order valence-corrected chi connectivity index (χ4v) is 2.22. The molecule has 1 aliphatic carbocycles. The van der Waals surface area contributed by atoms with Gasteiger partial charge in [0.15, 0.2) is 0 Å². The lowest BCUT2D eigenvalue weighted by Crippen LogP contribution is -2.43. The van der Waals surface area contributed by atoms with Crippen LogP contribution >= 0.6 is 11.6 Å². The molecule has 2 nitrogen and oxygen atoms in total. The van der Waals surface area contributed by atoms with Gasteiger partial charge in [-0.3, -0.25) is 0 Å². The fourth-order valence-electron chi connectivity index (χ4n) is 1.78. The fraction of sp³-hybridized carbons (Fsp3) is 0.889. The van der Waals surface area contributed by atoms with E-state index in [-0.39, 0.29) is 6.42 Å². The normalized spacial score (nSPS) is 28.6. The minimum atomic E-state index is -3.44. The molecule has 0 spiro atoms. The van der Waals surface area contributed by atoms with Crippen LogP contribution in [0.2, 0.25) is 0 Å². The standard InChI is InChI=1S/C9H13ClF2O2/c1-14-8(13)9(11,12)6-4-2-3-5-7(6)10/h6-7H,2-5H2,1H3. The van der Waals surface area contributed by atoms with E-state index in [1.54, 1.807) is 0 Å². The van der Waals surface area contributed by atoms with E-state index >= 15 is 0 Å². The van der Waals surface area contributed by atoms with Gasteiger partial charge < -0.3 is 4.74 Å². The number of carbonyl (C=O) groups excluding carboxylic acids is 1. The summed E-state index contributed by atoms with van der Waals surface area (Å²) in [5.74, 6) is -6.00. The number of halogens is 3. The predicted octanol–water partition coefficient (Wildman–Crippen LogP) is 2.59. The van der Waals surface area contributed by atoms with Crippen LogP contribution in [0.1, 0.15) is 25.7 Å². The molecule has 1 saturated carbocycles. The van der Waals surface area contributed by atoms with Crippen molar-refractivity contribution in [1.29, 1.82) is 0 Å². The van der Waals surface area contributed by atoms with Crippen LogP contribution in [0.15, 0.2) is 0 Å².